The number of anilines is 1. The predicted molar refractivity (Wildman–Crippen MR) is 111 cm³/mol. The van der Waals surface area contributed by atoms with Crippen molar-refractivity contribution in [1.29, 1.82) is 0 Å². The first kappa shape index (κ1) is 21.0. The van der Waals surface area contributed by atoms with Gasteiger partial charge < -0.3 is 10.1 Å². The van der Waals surface area contributed by atoms with Gasteiger partial charge in [-0.2, -0.15) is 4.68 Å². The number of benzene rings is 2. The molecule has 0 radical (unpaired) electrons. The highest BCUT2D eigenvalue weighted by molar-refractivity contribution is 7.99. The SMILES string of the molecule is COc1cc([N+](=O)[O-])ccc1NC(=O)CSc1nc(-c2ccccc2)nn1C(C)=O. The van der Waals surface area contributed by atoms with E-state index in [1.807, 2.05) is 30.3 Å². The molecular formula is C19H17N5O5S. The Hall–Kier alpha value is -3.73. The maximum absolute atomic E-state index is 12.4. The van der Waals surface area contributed by atoms with Crippen molar-refractivity contribution < 1.29 is 19.2 Å². The van der Waals surface area contributed by atoms with Crippen molar-refractivity contribution in [2.75, 3.05) is 18.2 Å². The van der Waals surface area contributed by atoms with Crippen LogP contribution >= 0.6 is 11.8 Å². The lowest BCUT2D eigenvalue weighted by molar-refractivity contribution is -0.384. The van der Waals surface area contributed by atoms with E-state index in [9.17, 15) is 19.7 Å². The van der Waals surface area contributed by atoms with E-state index >= 15 is 0 Å². The van der Waals surface area contributed by atoms with E-state index in [0.717, 1.165) is 22.0 Å². The maximum Gasteiger partial charge on any atom is 0.273 e. The lowest BCUT2D eigenvalue weighted by atomic mass is 10.2. The van der Waals surface area contributed by atoms with E-state index < -0.39 is 10.8 Å². The van der Waals surface area contributed by atoms with E-state index in [0.29, 0.717) is 11.5 Å². The summed E-state index contributed by atoms with van der Waals surface area (Å²) in [5.41, 5.74) is 0.897. The Morgan fingerprint density at radius 1 is 1.23 bits per heavy atom. The number of nitrogens with one attached hydrogen (secondary N) is 1. The highest BCUT2D eigenvalue weighted by Gasteiger charge is 2.18. The molecule has 0 aliphatic heterocycles. The number of methoxy groups -OCH3 is 1. The number of aromatic nitrogens is 3. The van der Waals surface area contributed by atoms with Gasteiger partial charge in [-0.05, 0) is 6.07 Å². The van der Waals surface area contributed by atoms with Crippen LogP contribution in [-0.2, 0) is 4.79 Å². The van der Waals surface area contributed by atoms with Gasteiger partial charge >= 0.3 is 0 Å². The maximum atomic E-state index is 12.4. The molecule has 3 aromatic rings. The minimum absolute atomic E-state index is 0.0552. The summed E-state index contributed by atoms with van der Waals surface area (Å²) in [7, 11) is 1.35. The normalized spacial score (nSPS) is 10.5. The zero-order chi connectivity index (χ0) is 21.7. The van der Waals surface area contributed by atoms with Crippen molar-refractivity contribution >= 4 is 35.0 Å². The number of nitro groups is 1. The summed E-state index contributed by atoms with van der Waals surface area (Å²) in [5.74, 6) is -0.233. The number of non-ortho nitro benzene ring substituents is 1. The molecule has 1 aromatic heterocycles. The van der Waals surface area contributed by atoms with Gasteiger partial charge in [0.15, 0.2) is 11.0 Å². The molecule has 1 N–H and O–H groups in total. The molecule has 10 nitrogen and oxygen atoms in total. The molecule has 0 aliphatic carbocycles. The van der Waals surface area contributed by atoms with Crippen LogP contribution in [0.2, 0.25) is 0 Å². The van der Waals surface area contributed by atoms with Crippen LogP contribution in [0.1, 0.15) is 11.7 Å². The first-order chi connectivity index (χ1) is 14.4. The average Bonchev–Trinajstić information content (AvgIpc) is 3.18. The number of carbonyl (C=O) groups is 2. The number of hydrogen-bond acceptors (Lipinski definition) is 8. The fourth-order valence-corrected chi connectivity index (χ4v) is 3.29. The Morgan fingerprint density at radius 3 is 2.60 bits per heavy atom. The molecule has 2 aromatic carbocycles. The summed E-state index contributed by atoms with van der Waals surface area (Å²) in [6.45, 7) is 1.36. The average molecular weight is 427 g/mol. The Bertz CT molecular complexity index is 1100. The summed E-state index contributed by atoms with van der Waals surface area (Å²) in [6, 6.07) is 13.1. The fraction of sp³-hybridized carbons (Fsp3) is 0.158. The van der Waals surface area contributed by atoms with Crippen LogP contribution in [0.3, 0.4) is 0 Å². The number of carbonyl (C=O) groups excluding carboxylic acids is 2. The monoisotopic (exact) mass is 427 g/mol. The second kappa shape index (κ2) is 9.18. The molecule has 0 unspecified atom stereocenters. The van der Waals surface area contributed by atoms with Crippen LogP contribution in [0.4, 0.5) is 11.4 Å². The lowest BCUT2D eigenvalue weighted by Gasteiger charge is -2.09. The van der Waals surface area contributed by atoms with Gasteiger partial charge in [0.05, 0.1) is 29.5 Å². The van der Waals surface area contributed by atoms with Crippen LogP contribution in [0, 0.1) is 10.1 Å². The van der Waals surface area contributed by atoms with Crippen molar-refractivity contribution in [3.05, 3.63) is 58.6 Å². The molecule has 0 atom stereocenters. The van der Waals surface area contributed by atoms with Crippen LogP contribution in [0.5, 0.6) is 5.75 Å². The largest absolute Gasteiger partial charge is 0.494 e. The molecule has 11 heteroatoms. The predicted octanol–water partition coefficient (Wildman–Crippen LogP) is 3.25. The van der Waals surface area contributed by atoms with Crippen molar-refractivity contribution in [2.45, 2.75) is 12.1 Å². The van der Waals surface area contributed by atoms with Gasteiger partial charge in [-0.1, -0.05) is 42.1 Å². The summed E-state index contributed by atoms with van der Waals surface area (Å²) in [6.07, 6.45) is 0. The number of nitro benzene ring substituents is 1. The number of hydrogen-bond donors (Lipinski definition) is 1. The molecule has 1 heterocycles. The number of ether oxygens (including phenoxy) is 1. The standard InChI is InChI=1S/C19H17N5O5S/c1-12(25)23-19(21-18(22-23)13-6-4-3-5-7-13)30-11-17(26)20-15-9-8-14(24(27)28)10-16(15)29-2/h3-10H,11H2,1-2H3,(H,20,26). The van der Waals surface area contributed by atoms with Gasteiger partial charge in [-0.15, -0.1) is 5.10 Å². The van der Waals surface area contributed by atoms with Crippen molar-refractivity contribution in [3.63, 3.8) is 0 Å². The van der Waals surface area contributed by atoms with E-state index in [4.69, 9.17) is 4.74 Å². The number of thioether (sulfide) groups is 1. The first-order valence-electron chi connectivity index (χ1n) is 8.67. The van der Waals surface area contributed by atoms with E-state index in [1.165, 1.54) is 32.2 Å². The second-order valence-corrected chi connectivity index (χ2v) is 6.94. The van der Waals surface area contributed by atoms with Gasteiger partial charge in [0, 0.05) is 18.6 Å². The Labute approximate surface area is 175 Å². The van der Waals surface area contributed by atoms with Crippen molar-refractivity contribution in [1.82, 2.24) is 14.8 Å². The Balaban J connectivity index is 1.72. The third-order valence-electron chi connectivity index (χ3n) is 3.91. The molecule has 30 heavy (non-hydrogen) atoms. The molecule has 0 saturated heterocycles. The van der Waals surface area contributed by atoms with Crippen molar-refractivity contribution in [3.8, 4) is 17.1 Å². The van der Waals surface area contributed by atoms with Gasteiger partial charge in [0.25, 0.3) is 5.69 Å². The molecule has 0 saturated carbocycles. The molecule has 0 fully saturated rings. The smallest absolute Gasteiger partial charge is 0.273 e. The molecule has 0 aliphatic rings. The molecule has 0 bridgehead atoms. The molecular weight excluding hydrogens is 410 g/mol. The van der Waals surface area contributed by atoms with Crippen LogP contribution < -0.4 is 10.1 Å². The zero-order valence-corrected chi connectivity index (χ0v) is 16.9. The fourth-order valence-electron chi connectivity index (χ4n) is 2.52. The minimum atomic E-state index is -0.553. The third-order valence-corrected chi connectivity index (χ3v) is 4.84. The highest BCUT2D eigenvalue weighted by Crippen LogP contribution is 2.29. The Kier molecular flexibility index (Phi) is 6.42. The molecule has 154 valence electrons. The summed E-state index contributed by atoms with van der Waals surface area (Å²) in [4.78, 5) is 38.9. The van der Waals surface area contributed by atoms with E-state index in [-0.39, 0.29) is 28.3 Å². The van der Waals surface area contributed by atoms with Crippen LogP contribution in [0.25, 0.3) is 11.4 Å². The van der Waals surface area contributed by atoms with Crippen LogP contribution in [0.15, 0.2) is 53.7 Å². The van der Waals surface area contributed by atoms with E-state index in [1.54, 1.807) is 0 Å². The molecule has 1 amide bonds. The first-order valence-corrected chi connectivity index (χ1v) is 9.66. The third kappa shape index (κ3) is 4.81. The quantitative estimate of drug-likeness (QED) is 0.345. The highest BCUT2D eigenvalue weighted by atomic mass is 32.2. The molecule has 3 rings (SSSR count). The summed E-state index contributed by atoms with van der Waals surface area (Å²) in [5, 5.41) is 18.0. The lowest BCUT2D eigenvalue weighted by Crippen LogP contribution is -2.16. The van der Waals surface area contributed by atoms with Gasteiger partial charge in [0.2, 0.25) is 11.8 Å². The number of rotatable bonds is 7. The number of amides is 1. The zero-order valence-electron chi connectivity index (χ0n) is 16.1. The molecule has 0 spiro atoms. The van der Waals surface area contributed by atoms with Crippen LogP contribution in [-0.4, -0.2) is 44.4 Å². The van der Waals surface area contributed by atoms with Gasteiger partial charge in [0.1, 0.15) is 5.75 Å². The van der Waals surface area contributed by atoms with Gasteiger partial charge in [-0.3, -0.25) is 19.7 Å². The minimum Gasteiger partial charge on any atom is -0.494 e. The summed E-state index contributed by atoms with van der Waals surface area (Å²) >= 11 is 1.05. The second-order valence-electron chi connectivity index (χ2n) is 5.99. The topological polar surface area (TPSA) is 129 Å². The summed E-state index contributed by atoms with van der Waals surface area (Å²) < 4.78 is 6.25. The van der Waals surface area contributed by atoms with E-state index in [2.05, 4.69) is 15.4 Å². The van der Waals surface area contributed by atoms with Gasteiger partial charge in [-0.25, -0.2) is 4.98 Å². The number of nitrogens with zero attached hydrogens (tertiary/aromatic N) is 4. The Morgan fingerprint density at radius 2 is 1.97 bits per heavy atom. The van der Waals surface area contributed by atoms with Crippen molar-refractivity contribution in [2.24, 2.45) is 0 Å².